The fourth-order valence-corrected chi connectivity index (χ4v) is 7.53. The fourth-order valence-electron chi connectivity index (χ4n) is 7.15. The van der Waals surface area contributed by atoms with Crippen LogP contribution in [0.4, 0.5) is 0 Å². The fraction of sp³-hybridized carbons (Fsp3) is 0.808. The molecule has 3 aliphatic heterocycles. The third-order valence-corrected chi connectivity index (χ3v) is 9.78. The molecule has 0 aromatic rings. The standard InChI is InChI=1S/C26H35ClO10/c1-7-8-13(29)34-16-9(2)14-21(33-12(5)28)26(32)11(4)24(31)37-22(26)15(27)10(3)17-18(35-17)20(30)25(14,6)23-19(16)36-23/h9,11,14-23,30,32H,3,7-8H2,1-2,4-6H3/t9-,11+,14-,15-,16+,17-,18-,19+,20+,21+,22+,23+,25+,26-/m1/s1. The average Bonchev–Trinajstić information content (AvgIpc) is 3.75. The number of epoxide rings is 2. The number of carbonyl (C=O) groups is 3. The smallest absolute Gasteiger partial charge is 0.312 e. The van der Waals surface area contributed by atoms with Crippen LogP contribution in [0.3, 0.4) is 0 Å². The lowest BCUT2D eigenvalue weighted by Crippen LogP contribution is -2.69. The number of carbonyl (C=O) groups excluding carboxylic acids is 3. The van der Waals surface area contributed by atoms with Crippen molar-refractivity contribution in [2.24, 2.45) is 23.2 Å². The summed E-state index contributed by atoms with van der Waals surface area (Å²) in [7, 11) is 0. The van der Waals surface area contributed by atoms with Gasteiger partial charge < -0.3 is 33.9 Å². The van der Waals surface area contributed by atoms with E-state index in [2.05, 4.69) is 6.58 Å². The summed E-state index contributed by atoms with van der Waals surface area (Å²) in [5.74, 6) is -4.32. The molecule has 14 atom stereocenters. The van der Waals surface area contributed by atoms with Gasteiger partial charge in [-0.15, -0.1) is 11.6 Å². The molecule has 206 valence electrons. The van der Waals surface area contributed by atoms with Crippen LogP contribution in [0.15, 0.2) is 12.2 Å². The van der Waals surface area contributed by atoms with Gasteiger partial charge in [-0.25, -0.2) is 0 Å². The molecule has 11 heteroatoms. The highest BCUT2D eigenvalue weighted by molar-refractivity contribution is 6.23. The summed E-state index contributed by atoms with van der Waals surface area (Å²) in [6.45, 7) is 12.2. The van der Waals surface area contributed by atoms with Crippen molar-refractivity contribution in [3.05, 3.63) is 12.2 Å². The van der Waals surface area contributed by atoms with Gasteiger partial charge in [-0.05, 0) is 18.9 Å². The lowest BCUT2D eigenvalue weighted by molar-refractivity contribution is -0.223. The Morgan fingerprint density at radius 2 is 1.84 bits per heavy atom. The minimum Gasteiger partial charge on any atom is -0.459 e. The van der Waals surface area contributed by atoms with E-state index in [1.54, 1.807) is 6.92 Å². The Morgan fingerprint density at radius 1 is 1.16 bits per heavy atom. The monoisotopic (exact) mass is 542 g/mol. The molecule has 0 aromatic heterocycles. The summed E-state index contributed by atoms with van der Waals surface area (Å²) < 4.78 is 29.2. The van der Waals surface area contributed by atoms with Crippen LogP contribution in [0.2, 0.25) is 0 Å². The molecule has 2 aliphatic carbocycles. The highest BCUT2D eigenvalue weighted by Crippen LogP contribution is 2.63. The van der Waals surface area contributed by atoms with Gasteiger partial charge >= 0.3 is 17.9 Å². The summed E-state index contributed by atoms with van der Waals surface area (Å²) >= 11 is 6.74. The van der Waals surface area contributed by atoms with Gasteiger partial charge in [0.15, 0.2) is 11.7 Å². The SMILES string of the molecule is C=C1[C@@H](Cl)[C@@H]2OC(=O)[C@H](C)[C@@]2(O)[C@@H](OC(C)=O)[C@H]2[C@@H](C)[C@H](OC(=O)CCC)[C@@H]3O[C@@H]3[C@]2(C)[C@@H](O)[C@@H]2O[C@H]12. The molecule has 2 saturated carbocycles. The maximum Gasteiger partial charge on any atom is 0.312 e. The van der Waals surface area contributed by atoms with Crippen LogP contribution in [-0.2, 0) is 38.1 Å². The lowest BCUT2D eigenvalue weighted by atomic mass is 9.53. The van der Waals surface area contributed by atoms with Gasteiger partial charge in [-0.2, -0.15) is 0 Å². The largest absolute Gasteiger partial charge is 0.459 e. The zero-order valence-corrected chi connectivity index (χ0v) is 22.3. The number of fused-ring (bicyclic) bond motifs is 5. The molecular weight excluding hydrogens is 508 g/mol. The Kier molecular flexibility index (Phi) is 6.47. The van der Waals surface area contributed by atoms with E-state index in [1.165, 1.54) is 13.8 Å². The molecule has 5 fully saturated rings. The minimum atomic E-state index is -2.08. The Morgan fingerprint density at radius 3 is 2.46 bits per heavy atom. The molecule has 37 heavy (non-hydrogen) atoms. The van der Waals surface area contributed by atoms with Crippen molar-refractivity contribution in [1.82, 2.24) is 0 Å². The normalized spacial score (nSPS) is 52.0. The van der Waals surface area contributed by atoms with Crippen molar-refractivity contribution in [3.63, 3.8) is 0 Å². The minimum absolute atomic E-state index is 0.220. The molecule has 0 unspecified atom stereocenters. The van der Waals surface area contributed by atoms with Crippen molar-refractivity contribution in [2.45, 2.75) is 107 Å². The van der Waals surface area contributed by atoms with E-state index in [1.807, 2.05) is 13.8 Å². The van der Waals surface area contributed by atoms with Gasteiger partial charge in [0, 0.05) is 30.6 Å². The van der Waals surface area contributed by atoms with Gasteiger partial charge in [0.2, 0.25) is 0 Å². The molecule has 2 N–H and O–H groups in total. The molecule has 0 spiro atoms. The van der Waals surface area contributed by atoms with Crippen molar-refractivity contribution in [1.29, 1.82) is 0 Å². The maximum absolute atomic E-state index is 12.9. The number of alkyl halides is 1. The summed E-state index contributed by atoms with van der Waals surface area (Å²) in [5.41, 5.74) is -2.86. The van der Waals surface area contributed by atoms with Gasteiger partial charge in [-0.3, -0.25) is 14.4 Å². The number of hydrogen-bond donors (Lipinski definition) is 2. The Balaban J connectivity index is 1.67. The van der Waals surface area contributed by atoms with E-state index < -0.39 is 101 Å². The van der Waals surface area contributed by atoms with E-state index in [-0.39, 0.29) is 6.42 Å². The number of ether oxygens (including phenoxy) is 5. The molecule has 3 heterocycles. The van der Waals surface area contributed by atoms with E-state index in [0.29, 0.717) is 12.0 Å². The molecule has 0 aromatic carbocycles. The first-order chi connectivity index (χ1) is 17.3. The molecule has 3 saturated heterocycles. The summed E-state index contributed by atoms with van der Waals surface area (Å²) in [5, 5.41) is 23.0. The summed E-state index contributed by atoms with van der Waals surface area (Å²) in [6.07, 6.45) is -6.05. The van der Waals surface area contributed by atoms with Gasteiger partial charge in [-0.1, -0.05) is 27.4 Å². The number of hydrogen-bond acceptors (Lipinski definition) is 10. The number of halogens is 1. The third-order valence-electron chi connectivity index (χ3n) is 9.27. The zero-order chi connectivity index (χ0) is 27.2. The van der Waals surface area contributed by atoms with Crippen molar-refractivity contribution in [2.75, 3.05) is 0 Å². The van der Waals surface area contributed by atoms with Crippen LogP contribution in [0.1, 0.15) is 47.5 Å². The number of aliphatic hydroxyl groups excluding tert-OH is 1. The van der Waals surface area contributed by atoms with Crippen LogP contribution < -0.4 is 0 Å². The van der Waals surface area contributed by atoms with E-state index in [0.717, 1.165) is 0 Å². The van der Waals surface area contributed by atoms with Gasteiger partial charge in [0.05, 0.1) is 23.5 Å². The van der Waals surface area contributed by atoms with Gasteiger partial charge in [0.1, 0.15) is 30.5 Å². The number of rotatable bonds is 4. The molecule has 10 nitrogen and oxygen atoms in total. The van der Waals surface area contributed by atoms with Crippen molar-refractivity contribution < 1.29 is 48.3 Å². The second kappa shape index (κ2) is 8.91. The van der Waals surface area contributed by atoms with Crippen LogP contribution in [-0.4, -0.2) is 87.9 Å². The maximum atomic E-state index is 12.9. The van der Waals surface area contributed by atoms with E-state index in [4.69, 9.17) is 35.3 Å². The predicted octanol–water partition coefficient (Wildman–Crippen LogP) is 1.27. The number of esters is 3. The highest BCUT2D eigenvalue weighted by atomic mass is 35.5. The molecular formula is C26H35ClO10. The molecule has 5 aliphatic rings. The van der Waals surface area contributed by atoms with Crippen LogP contribution >= 0.6 is 11.6 Å². The second-order valence-corrected chi connectivity index (χ2v) is 11.9. The average molecular weight is 543 g/mol. The third kappa shape index (κ3) is 3.77. The van der Waals surface area contributed by atoms with Crippen LogP contribution in [0, 0.1) is 23.2 Å². The van der Waals surface area contributed by atoms with Crippen LogP contribution in [0.5, 0.6) is 0 Å². The van der Waals surface area contributed by atoms with Gasteiger partial charge in [0.25, 0.3) is 0 Å². The first kappa shape index (κ1) is 26.9. The first-order valence-corrected chi connectivity index (χ1v) is 13.3. The Hall–Kier alpha value is -1.72. The van der Waals surface area contributed by atoms with Crippen LogP contribution in [0.25, 0.3) is 0 Å². The molecule has 0 radical (unpaired) electrons. The highest BCUT2D eigenvalue weighted by Gasteiger charge is 2.77. The van der Waals surface area contributed by atoms with Crippen molar-refractivity contribution in [3.8, 4) is 0 Å². The Labute approximate surface area is 220 Å². The number of aliphatic hydroxyl groups is 2. The molecule has 5 rings (SSSR count). The quantitative estimate of drug-likeness (QED) is 0.175. The zero-order valence-electron chi connectivity index (χ0n) is 21.6. The molecule has 0 bridgehead atoms. The second-order valence-electron chi connectivity index (χ2n) is 11.4. The first-order valence-electron chi connectivity index (χ1n) is 12.9. The van der Waals surface area contributed by atoms with E-state index >= 15 is 0 Å². The van der Waals surface area contributed by atoms with Crippen molar-refractivity contribution >= 4 is 29.5 Å². The Bertz CT molecular complexity index is 1020. The lowest BCUT2D eigenvalue weighted by Gasteiger charge is -2.54. The summed E-state index contributed by atoms with van der Waals surface area (Å²) in [6, 6.07) is 0. The predicted molar refractivity (Wildman–Crippen MR) is 127 cm³/mol. The molecule has 0 amide bonds. The topological polar surface area (TPSA) is 144 Å². The summed E-state index contributed by atoms with van der Waals surface area (Å²) in [4.78, 5) is 37.9. The van der Waals surface area contributed by atoms with E-state index in [9.17, 15) is 24.6 Å².